The van der Waals surface area contributed by atoms with Gasteiger partial charge in [0.2, 0.25) is 5.91 Å². The molecule has 2 amide bonds. The quantitative estimate of drug-likeness (QED) is 0.180. The first-order valence-electron chi connectivity index (χ1n) is 16.2. The number of benzene rings is 3. The van der Waals surface area contributed by atoms with Crippen LogP contribution >= 0.6 is 0 Å². The molecule has 1 aromatic heterocycles. The molecule has 2 heterocycles. The summed E-state index contributed by atoms with van der Waals surface area (Å²) in [6.45, 7) is 11.1. The lowest BCUT2D eigenvalue weighted by molar-refractivity contribution is -0.142. The molecule has 246 valence electrons. The lowest BCUT2D eigenvalue weighted by Crippen LogP contribution is -2.49. The number of aliphatic carboxylic acids is 1. The highest BCUT2D eigenvalue weighted by Gasteiger charge is 2.33. The number of rotatable bonds is 11. The van der Waals surface area contributed by atoms with E-state index in [1.165, 1.54) is 5.56 Å². The third kappa shape index (κ3) is 7.91. The maximum atomic E-state index is 13.4. The van der Waals surface area contributed by atoms with Crippen molar-refractivity contribution in [3.05, 3.63) is 101 Å². The molecule has 0 spiro atoms. The van der Waals surface area contributed by atoms with Crippen LogP contribution in [0.2, 0.25) is 0 Å². The van der Waals surface area contributed by atoms with Crippen molar-refractivity contribution >= 4 is 23.5 Å². The minimum atomic E-state index is -1.07. The molecule has 0 saturated heterocycles. The molecular formula is C38H44N4O5. The van der Waals surface area contributed by atoms with Gasteiger partial charge in [-0.15, -0.1) is 0 Å². The minimum Gasteiger partial charge on any atom is -0.493 e. The SMILES string of the molecule is Cc1cccc(OCCCC(=O)N2CCCc3c(-c4cnn(Cc5cccc(C(=O)N[C@@H](C(=O)O)C(C)(C)C)c5)c4)cccc32)c1C. The van der Waals surface area contributed by atoms with Gasteiger partial charge >= 0.3 is 5.97 Å². The lowest BCUT2D eigenvalue weighted by atomic mass is 9.86. The molecular weight excluding hydrogens is 592 g/mol. The third-order valence-corrected chi connectivity index (χ3v) is 8.77. The smallest absolute Gasteiger partial charge is 0.326 e. The van der Waals surface area contributed by atoms with Crippen LogP contribution in [0.15, 0.2) is 73.1 Å². The molecule has 0 fully saturated rings. The second kappa shape index (κ2) is 14.2. The Morgan fingerprint density at radius 1 is 1.04 bits per heavy atom. The average molecular weight is 637 g/mol. The highest BCUT2D eigenvalue weighted by atomic mass is 16.5. The molecule has 1 aliphatic rings. The zero-order chi connectivity index (χ0) is 33.7. The molecule has 0 saturated carbocycles. The van der Waals surface area contributed by atoms with Crippen molar-refractivity contribution in [1.29, 1.82) is 0 Å². The number of aryl methyl sites for hydroxylation is 1. The number of ether oxygens (including phenoxy) is 1. The molecule has 9 nitrogen and oxygen atoms in total. The Labute approximate surface area is 276 Å². The van der Waals surface area contributed by atoms with E-state index < -0.39 is 23.3 Å². The summed E-state index contributed by atoms with van der Waals surface area (Å²) < 4.78 is 7.80. The first-order valence-corrected chi connectivity index (χ1v) is 16.2. The van der Waals surface area contributed by atoms with E-state index in [1.807, 2.05) is 59.2 Å². The minimum absolute atomic E-state index is 0.101. The Balaban J connectivity index is 1.24. The van der Waals surface area contributed by atoms with E-state index in [9.17, 15) is 19.5 Å². The predicted molar refractivity (Wildman–Crippen MR) is 183 cm³/mol. The van der Waals surface area contributed by atoms with Crippen molar-refractivity contribution in [3.8, 4) is 16.9 Å². The number of carboxylic acids is 1. The van der Waals surface area contributed by atoms with Crippen molar-refractivity contribution in [2.24, 2.45) is 5.41 Å². The van der Waals surface area contributed by atoms with Gasteiger partial charge < -0.3 is 20.1 Å². The maximum Gasteiger partial charge on any atom is 0.326 e. The van der Waals surface area contributed by atoms with Gasteiger partial charge in [-0.3, -0.25) is 14.3 Å². The summed E-state index contributed by atoms with van der Waals surface area (Å²) in [5.41, 5.74) is 7.05. The number of carboxylic acid groups (broad SMARTS) is 1. The first kappa shape index (κ1) is 33.4. The molecule has 0 aliphatic carbocycles. The van der Waals surface area contributed by atoms with Crippen LogP contribution in [-0.4, -0.2) is 51.9 Å². The second-order valence-corrected chi connectivity index (χ2v) is 13.3. The zero-order valence-electron chi connectivity index (χ0n) is 27.9. The van der Waals surface area contributed by atoms with Gasteiger partial charge in [-0.25, -0.2) is 4.79 Å². The highest BCUT2D eigenvalue weighted by molar-refractivity contribution is 5.97. The van der Waals surface area contributed by atoms with Crippen molar-refractivity contribution in [2.45, 2.75) is 72.9 Å². The fraction of sp³-hybridized carbons (Fsp3) is 0.368. The number of aromatic nitrogens is 2. The van der Waals surface area contributed by atoms with E-state index in [-0.39, 0.29) is 5.91 Å². The van der Waals surface area contributed by atoms with E-state index in [0.29, 0.717) is 38.1 Å². The molecule has 0 unspecified atom stereocenters. The molecule has 9 heteroatoms. The molecule has 47 heavy (non-hydrogen) atoms. The number of nitrogens with zero attached hydrogens (tertiary/aromatic N) is 3. The van der Waals surface area contributed by atoms with Crippen LogP contribution in [0.3, 0.4) is 0 Å². The van der Waals surface area contributed by atoms with Gasteiger partial charge in [0.25, 0.3) is 5.91 Å². The van der Waals surface area contributed by atoms with Crippen LogP contribution in [0.1, 0.15) is 72.6 Å². The number of fused-ring (bicyclic) bond motifs is 1. The number of hydrogen-bond donors (Lipinski definition) is 2. The van der Waals surface area contributed by atoms with Crippen LogP contribution in [0.4, 0.5) is 5.69 Å². The molecule has 0 bridgehead atoms. The largest absolute Gasteiger partial charge is 0.493 e. The van der Waals surface area contributed by atoms with Crippen molar-refractivity contribution < 1.29 is 24.2 Å². The summed E-state index contributed by atoms with van der Waals surface area (Å²) in [7, 11) is 0. The van der Waals surface area contributed by atoms with E-state index >= 15 is 0 Å². The van der Waals surface area contributed by atoms with Crippen molar-refractivity contribution in [3.63, 3.8) is 0 Å². The molecule has 4 aromatic rings. The number of carbonyl (C=O) groups excluding carboxylic acids is 2. The average Bonchev–Trinajstić information content (AvgIpc) is 3.50. The number of nitrogens with one attached hydrogen (secondary N) is 1. The van der Waals surface area contributed by atoms with E-state index in [2.05, 4.69) is 29.5 Å². The molecule has 3 aromatic carbocycles. The fourth-order valence-electron chi connectivity index (χ4n) is 6.03. The van der Waals surface area contributed by atoms with Gasteiger partial charge in [-0.2, -0.15) is 5.10 Å². The summed E-state index contributed by atoms with van der Waals surface area (Å²) in [5, 5.41) is 16.9. The van der Waals surface area contributed by atoms with Gasteiger partial charge in [0.15, 0.2) is 0 Å². The van der Waals surface area contributed by atoms with Gasteiger partial charge in [-0.05, 0) is 90.6 Å². The Bertz CT molecular complexity index is 1770. The summed E-state index contributed by atoms with van der Waals surface area (Å²) in [4.78, 5) is 40.0. The summed E-state index contributed by atoms with van der Waals surface area (Å²) in [5.74, 6) is -0.530. The lowest BCUT2D eigenvalue weighted by Gasteiger charge is -2.31. The number of amides is 2. The summed E-state index contributed by atoms with van der Waals surface area (Å²) >= 11 is 0. The Morgan fingerprint density at radius 2 is 1.81 bits per heavy atom. The van der Waals surface area contributed by atoms with Gasteiger partial charge in [0.1, 0.15) is 11.8 Å². The molecule has 5 rings (SSSR count). The normalized spacial score (nSPS) is 13.5. The van der Waals surface area contributed by atoms with Crippen LogP contribution < -0.4 is 15.0 Å². The van der Waals surface area contributed by atoms with Crippen molar-refractivity contribution in [1.82, 2.24) is 15.1 Å². The summed E-state index contributed by atoms with van der Waals surface area (Å²) in [6, 6.07) is 18.2. The van der Waals surface area contributed by atoms with Crippen LogP contribution in [0.5, 0.6) is 5.75 Å². The Kier molecular flexibility index (Phi) is 10.1. The van der Waals surface area contributed by atoms with Crippen LogP contribution in [0.25, 0.3) is 11.1 Å². The van der Waals surface area contributed by atoms with Gasteiger partial charge in [-0.1, -0.05) is 57.2 Å². The number of carbonyl (C=O) groups is 3. The molecule has 0 radical (unpaired) electrons. The van der Waals surface area contributed by atoms with Crippen LogP contribution in [-0.2, 0) is 22.6 Å². The van der Waals surface area contributed by atoms with E-state index in [4.69, 9.17) is 4.74 Å². The standard InChI is InChI=1S/C38H44N4O5/c1-25-11-6-17-33(26(25)2)47-20-10-18-34(43)42-19-9-15-31-30(14-8-16-32(31)42)29-22-39-41(24-29)23-27-12-7-13-28(21-27)36(44)40-35(37(45)46)38(3,4)5/h6-8,11-14,16-17,21-22,24,35H,9-10,15,18-20,23H2,1-5H3,(H,40,44)(H,45,46)/t35-/m0/s1. The zero-order valence-corrected chi connectivity index (χ0v) is 27.9. The number of hydrogen-bond acceptors (Lipinski definition) is 5. The second-order valence-electron chi connectivity index (χ2n) is 13.3. The van der Waals surface area contributed by atoms with Crippen molar-refractivity contribution in [2.75, 3.05) is 18.1 Å². The van der Waals surface area contributed by atoms with E-state index in [1.54, 1.807) is 39.0 Å². The Morgan fingerprint density at radius 3 is 2.57 bits per heavy atom. The van der Waals surface area contributed by atoms with Crippen LogP contribution in [0, 0.1) is 19.3 Å². The summed E-state index contributed by atoms with van der Waals surface area (Å²) in [6.07, 6.45) is 6.63. The molecule has 1 aliphatic heterocycles. The fourth-order valence-corrected chi connectivity index (χ4v) is 6.03. The molecule has 2 N–H and O–H groups in total. The topological polar surface area (TPSA) is 114 Å². The Hall–Kier alpha value is -4.92. The highest BCUT2D eigenvalue weighted by Crippen LogP contribution is 2.36. The predicted octanol–water partition coefficient (Wildman–Crippen LogP) is 6.58. The third-order valence-electron chi connectivity index (χ3n) is 8.77. The van der Waals surface area contributed by atoms with Gasteiger partial charge in [0, 0.05) is 36.0 Å². The number of anilines is 1. The van der Waals surface area contributed by atoms with Gasteiger partial charge in [0.05, 0.1) is 19.3 Å². The maximum absolute atomic E-state index is 13.4. The molecule has 1 atom stereocenters. The monoisotopic (exact) mass is 636 g/mol. The first-order chi connectivity index (χ1) is 22.4. The van der Waals surface area contributed by atoms with E-state index in [0.717, 1.165) is 52.1 Å².